The lowest BCUT2D eigenvalue weighted by Gasteiger charge is -2.31. The van der Waals surface area contributed by atoms with Gasteiger partial charge in [0.2, 0.25) is 0 Å². The summed E-state index contributed by atoms with van der Waals surface area (Å²) in [5.41, 5.74) is 0.995. The smallest absolute Gasteiger partial charge is 0.134 e. The molecule has 10 heavy (non-hydrogen) atoms. The third-order valence-electron chi connectivity index (χ3n) is 1.05. The summed E-state index contributed by atoms with van der Waals surface area (Å²) in [4.78, 5) is 3.55. The van der Waals surface area contributed by atoms with E-state index in [1.54, 1.807) is 0 Å². The van der Waals surface area contributed by atoms with Crippen molar-refractivity contribution in [3.8, 4) is 0 Å². The maximum Gasteiger partial charge on any atom is 0.134 e. The molecule has 0 aromatic heterocycles. The predicted octanol–water partition coefficient (Wildman–Crippen LogP) is 2.36. The molecule has 0 aromatic rings. The predicted molar refractivity (Wildman–Crippen MR) is 51.1 cm³/mol. The quantitative estimate of drug-likeness (QED) is 0.507. The molecule has 1 N–H and O–H groups in total. The highest BCUT2D eigenvalue weighted by Gasteiger charge is 2.24. The van der Waals surface area contributed by atoms with Crippen LogP contribution in [-0.2, 0) is 0 Å². The Balaban J connectivity index is 3.89. The van der Waals surface area contributed by atoms with Gasteiger partial charge in [0.1, 0.15) is 8.24 Å². The fourth-order valence-electron chi connectivity index (χ4n) is 1.05. The maximum atomic E-state index is 5.80. The average Bonchev–Trinajstić information content (AvgIpc) is 1.60. The molecule has 0 saturated carbocycles. The molecule has 0 amide bonds. The summed E-state index contributed by atoms with van der Waals surface area (Å²) in [5.74, 6) is 0. The molecule has 62 valence electrons. The summed E-state index contributed by atoms with van der Waals surface area (Å²) < 4.78 is 0. The zero-order valence-corrected chi connectivity index (χ0v) is 9.34. The Labute approximate surface area is 70.2 Å². The van der Waals surface area contributed by atoms with Gasteiger partial charge in [-0.1, -0.05) is 13.1 Å². The number of hydrogen-bond donors (Lipinski definition) is 1. The van der Waals surface area contributed by atoms with Crippen LogP contribution in [0.15, 0.2) is 0 Å². The van der Waals surface area contributed by atoms with E-state index in [0.29, 0.717) is 0 Å². The van der Waals surface area contributed by atoms with Crippen molar-refractivity contribution in [2.24, 2.45) is 0 Å². The summed E-state index contributed by atoms with van der Waals surface area (Å²) in [6, 6.07) is 0. The van der Waals surface area contributed by atoms with Crippen LogP contribution in [0.3, 0.4) is 0 Å². The van der Waals surface area contributed by atoms with Crippen molar-refractivity contribution < 1.29 is 0 Å². The summed E-state index contributed by atoms with van der Waals surface area (Å²) in [7, 11) is -1.30. The van der Waals surface area contributed by atoms with Crippen molar-refractivity contribution in [3.05, 3.63) is 0 Å². The second-order valence-corrected chi connectivity index (χ2v) is 9.48. The average molecular weight is 180 g/mol. The Morgan fingerprint density at radius 1 is 1.30 bits per heavy atom. The number of alkyl halides is 1. The van der Waals surface area contributed by atoms with Gasteiger partial charge in [-0.3, -0.25) is 0 Å². The van der Waals surface area contributed by atoms with Gasteiger partial charge in [0.15, 0.2) is 0 Å². The second kappa shape index (κ2) is 3.24. The molecule has 3 heteroatoms. The zero-order chi connectivity index (χ0) is 8.41. The van der Waals surface area contributed by atoms with Crippen LogP contribution in [-0.4, -0.2) is 19.3 Å². The molecule has 0 spiro atoms. The van der Waals surface area contributed by atoms with E-state index in [2.05, 4.69) is 38.8 Å². The second-order valence-electron chi connectivity index (χ2n) is 4.39. The Morgan fingerprint density at radius 3 is 1.80 bits per heavy atom. The van der Waals surface area contributed by atoms with Crippen LogP contribution in [0, 0.1) is 0 Å². The fourth-order valence-corrected chi connectivity index (χ4v) is 3.35. The minimum absolute atomic E-state index is 0.213. The topological polar surface area (TPSA) is 12.0 Å². The van der Waals surface area contributed by atoms with E-state index in [-0.39, 0.29) is 5.54 Å². The Bertz CT molecular complexity index is 107. The summed E-state index contributed by atoms with van der Waals surface area (Å²) in [6.07, 6.45) is 0. The molecule has 0 aromatic carbocycles. The summed E-state index contributed by atoms with van der Waals surface area (Å²) in [6.45, 7) is 11.0. The first-order valence-corrected chi connectivity index (χ1v) is 7.36. The molecule has 0 heterocycles. The van der Waals surface area contributed by atoms with E-state index in [4.69, 9.17) is 11.6 Å². The van der Waals surface area contributed by atoms with Crippen molar-refractivity contribution in [1.29, 1.82) is 0 Å². The van der Waals surface area contributed by atoms with Crippen LogP contribution in [0.1, 0.15) is 20.8 Å². The molecule has 0 fully saturated rings. The van der Waals surface area contributed by atoms with Gasteiger partial charge in [0.25, 0.3) is 0 Å². The van der Waals surface area contributed by atoms with E-state index < -0.39 is 8.24 Å². The minimum atomic E-state index is -1.30. The molecule has 0 aliphatic carbocycles. The van der Waals surface area contributed by atoms with Crippen LogP contribution in [0.4, 0.5) is 0 Å². The first kappa shape index (κ1) is 10.5. The molecule has 0 saturated heterocycles. The van der Waals surface area contributed by atoms with E-state index in [1.165, 1.54) is 0 Å². The van der Waals surface area contributed by atoms with Gasteiger partial charge in [-0.05, 0) is 20.8 Å². The van der Waals surface area contributed by atoms with E-state index in [1.807, 2.05) is 0 Å². The fraction of sp³-hybridized carbons (Fsp3) is 1.00. The molecule has 0 unspecified atom stereocenters. The highest BCUT2D eigenvalue weighted by atomic mass is 35.5. The maximum absolute atomic E-state index is 5.80. The monoisotopic (exact) mass is 179 g/mol. The Hall–Kier alpha value is 0.467. The van der Waals surface area contributed by atoms with E-state index >= 15 is 0 Å². The van der Waals surface area contributed by atoms with Gasteiger partial charge in [0.05, 0.1) is 0 Å². The number of halogens is 1. The van der Waals surface area contributed by atoms with Crippen LogP contribution in [0.5, 0.6) is 0 Å². The molecule has 0 bridgehead atoms. The number of nitrogens with one attached hydrogen (secondary N) is 1. The normalized spacial score (nSPS) is 13.8. The lowest BCUT2D eigenvalue weighted by molar-refractivity contribution is 0.513. The van der Waals surface area contributed by atoms with Crippen molar-refractivity contribution in [3.63, 3.8) is 0 Å². The van der Waals surface area contributed by atoms with Gasteiger partial charge in [-0.2, -0.15) is 0 Å². The van der Waals surface area contributed by atoms with E-state index in [0.717, 1.165) is 5.50 Å². The van der Waals surface area contributed by atoms with Gasteiger partial charge in [0, 0.05) is 11.0 Å². The molecule has 0 rings (SSSR count). The summed E-state index contributed by atoms with van der Waals surface area (Å²) in [5, 5.41) is 0. The van der Waals surface area contributed by atoms with Crippen LogP contribution < -0.4 is 4.98 Å². The molecule has 0 atom stereocenters. The highest BCUT2D eigenvalue weighted by Crippen LogP contribution is 2.07. The van der Waals surface area contributed by atoms with Crippen molar-refractivity contribution >= 4 is 19.8 Å². The van der Waals surface area contributed by atoms with Crippen LogP contribution in [0.2, 0.25) is 13.1 Å². The lowest BCUT2D eigenvalue weighted by Crippen LogP contribution is -2.55. The van der Waals surface area contributed by atoms with Crippen molar-refractivity contribution in [1.82, 2.24) is 4.98 Å². The largest absolute Gasteiger partial charge is 0.332 e. The lowest BCUT2D eigenvalue weighted by atomic mass is 10.1. The Kier molecular flexibility index (Phi) is 3.39. The van der Waals surface area contributed by atoms with Gasteiger partial charge in [-0.25, -0.2) is 0 Å². The third kappa shape index (κ3) is 5.27. The van der Waals surface area contributed by atoms with Crippen molar-refractivity contribution in [2.45, 2.75) is 39.4 Å². The van der Waals surface area contributed by atoms with E-state index in [9.17, 15) is 0 Å². The molecular formula is C7H18ClNSi. The molecule has 1 nitrogen and oxygen atoms in total. The van der Waals surface area contributed by atoms with Gasteiger partial charge < -0.3 is 4.98 Å². The third-order valence-corrected chi connectivity index (χ3v) is 5.15. The van der Waals surface area contributed by atoms with Crippen LogP contribution >= 0.6 is 11.6 Å². The molecular weight excluding hydrogens is 162 g/mol. The van der Waals surface area contributed by atoms with Crippen LogP contribution in [0.25, 0.3) is 0 Å². The Morgan fingerprint density at radius 2 is 1.70 bits per heavy atom. The van der Waals surface area contributed by atoms with Gasteiger partial charge >= 0.3 is 0 Å². The minimum Gasteiger partial charge on any atom is -0.332 e. The standard InChI is InChI=1S/C7H18ClNSi/c1-7(2,3)9-10(4,5)6-8/h9H,6H2,1-5H3. The molecule has 0 aliphatic rings. The first-order chi connectivity index (χ1) is 4.27. The highest BCUT2D eigenvalue weighted by molar-refractivity contribution is 6.81. The zero-order valence-electron chi connectivity index (χ0n) is 7.59. The number of hydrogen-bond acceptors (Lipinski definition) is 1. The van der Waals surface area contributed by atoms with Crippen molar-refractivity contribution in [2.75, 3.05) is 5.50 Å². The molecule has 0 radical (unpaired) electrons. The first-order valence-electron chi connectivity index (χ1n) is 3.62. The molecule has 0 aliphatic heterocycles. The summed E-state index contributed by atoms with van der Waals surface area (Å²) >= 11 is 5.80. The number of rotatable bonds is 2. The SMILES string of the molecule is CC(C)(C)N[Si](C)(C)CCl. The van der Waals surface area contributed by atoms with Gasteiger partial charge in [-0.15, -0.1) is 11.6 Å².